The van der Waals surface area contributed by atoms with Gasteiger partial charge in [0.25, 0.3) is 0 Å². The van der Waals surface area contributed by atoms with E-state index in [1.807, 2.05) is 44.2 Å². The quantitative estimate of drug-likeness (QED) is 0.635. The molecule has 0 amide bonds. The monoisotopic (exact) mass is 391 g/mol. The van der Waals surface area contributed by atoms with E-state index in [-0.39, 0.29) is 11.9 Å². The van der Waals surface area contributed by atoms with Gasteiger partial charge >= 0.3 is 5.97 Å². The molecule has 1 aromatic carbocycles. The molecule has 1 saturated heterocycles. The van der Waals surface area contributed by atoms with Crippen LogP contribution in [0, 0.1) is 5.92 Å². The highest BCUT2D eigenvalue weighted by Gasteiger charge is 2.17. The summed E-state index contributed by atoms with van der Waals surface area (Å²) < 4.78 is 5.05. The van der Waals surface area contributed by atoms with Crippen molar-refractivity contribution in [1.29, 1.82) is 0 Å². The van der Waals surface area contributed by atoms with Crippen molar-refractivity contribution in [3.63, 3.8) is 0 Å². The van der Waals surface area contributed by atoms with Crippen molar-refractivity contribution in [2.75, 3.05) is 53.4 Å². The van der Waals surface area contributed by atoms with Crippen LogP contribution in [0.25, 0.3) is 0 Å². The van der Waals surface area contributed by atoms with Gasteiger partial charge in [0, 0.05) is 32.2 Å². The molecule has 5 heteroatoms. The Kier molecular flexibility index (Phi) is 12.0. The van der Waals surface area contributed by atoms with Crippen LogP contribution < -0.4 is 0 Å². The molecule has 2 rings (SSSR count). The summed E-state index contributed by atoms with van der Waals surface area (Å²) in [7, 11) is 4.30. The lowest BCUT2D eigenvalue weighted by molar-refractivity contribution is -0.148. The number of esters is 1. The molecule has 28 heavy (non-hydrogen) atoms. The zero-order chi connectivity index (χ0) is 20.9. The van der Waals surface area contributed by atoms with E-state index in [1.165, 1.54) is 45.7 Å². The van der Waals surface area contributed by atoms with Crippen LogP contribution in [-0.2, 0) is 16.1 Å². The number of hydrogen-bond acceptors (Lipinski definition) is 5. The molecule has 1 aromatic rings. The molecule has 5 nitrogen and oxygen atoms in total. The summed E-state index contributed by atoms with van der Waals surface area (Å²) in [6.45, 7) is 16.1. The first kappa shape index (κ1) is 24.6. The maximum absolute atomic E-state index is 11.1. The van der Waals surface area contributed by atoms with E-state index >= 15 is 0 Å². The van der Waals surface area contributed by atoms with E-state index in [9.17, 15) is 4.79 Å². The lowest BCUT2D eigenvalue weighted by Crippen LogP contribution is -2.49. The average Bonchev–Trinajstić information content (AvgIpc) is 2.67. The van der Waals surface area contributed by atoms with Gasteiger partial charge < -0.3 is 14.5 Å². The van der Waals surface area contributed by atoms with Crippen LogP contribution in [0.3, 0.4) is 0 Å². The summed E-state index contributed by atoms with van der Waals surface area (Å²) in [5.41, 5.74) is 1.02. The molecule has 0 bridgehead atoms. The first-order chi connectivity index (χ1) is 13.3. The number of ether oxygens (including phenoxy) is 1. The van der Waals surface area contributed by atoms with E-state index < -0.39 is 0 Å². The molecular weight excluding hydrogens is 350 g/mol. The number of nitrogens with zero attached hydrogens (tertiary/aromatic N) is 3. The molecule has 1 aliphatic heterocycles. The van der Waals surface area contributed by atoms with Crippen molar-refractivity contribution in [2.24, 2.45) is 5.92 Å². The van der Waals surface area contributed by atoms with Crippen LogP contribution in [0.5, 0.6) is 0 Å². The van der Waals surface area contributed by atoms with Crippen LogP contribution in [0.15, 0.2) is 30.3 Å². The largest absolute Gasteiger partial charge is 0.461 e. The number of carbonyl (C=O) groups is 1. The van der Waals surface area contributed by atoms with Crippen LogP contribution >= 0.6 is 0 Å². The Hall–Kier alpha value is -1.43. The lowest BCUT2D eigenvalue weighted by Gasteiger charge is -2.37. The van der Waals surface area contributed by atoms with Gasteiger partial charge in [-0.15, -0.1) is 0 Å². The van der Waals surface area contributed by atoms with Gasteiger partial charge in [0.05, 0.1) is 5.92 Å². The molecule has 0 aliphatic carbocycles. The minimum absolute atomic E-state index is 0.0521. The van der Waals surface area contributed by atoms with Crippen LogP contribution in [-0.4, -0.2) is 80.1 Å². The third-order valence-electron chi connectivity index (χ3n) is 4.91. The SMILES string of the molecule is CC(C)C(=O)OCc1ccccc1.CC(C)N1CCN(CCCN(C)C)CC1. The van der Waals surface area contributed by atoms with E-state index in [0.29, 0.717) is 12.6 Å². The van der Waals surface area contributed by atoms with Gasteiger partial charge in [0.2, 0.25) is 0 Å². The van der Waals surface area contributed by atoms with E-state index in [0.717, 1.165) is 5.56 Å². The Bertz CT molecular complexity index is 521. The predicted molar refractivity (Wildman–Crippen MR) is 117 cm³/mol. The molecule has 0 unspecified atom stereocenters. The molecule has 0 atom stereocenters. The molecule has 160 valence electrons. The van der Waals surface area contributed by atoms with Gasteiger partial charge in [-0.25, -0.2) is 0 Å². The fraction of sp³-hybridized carbons (Fsp3) is 0.696. The molecule has 1 aliphatic rings. The fourth-order valence-electron chi connectivity index (χ4n) is 3.01. The topological polar surface area (TPSA) is 36.0 Å². The van der Waals surface area contributed by atoms with Crippen LogP contribution in [0.1, 0.15) is 39.7 Å². The first-order valence-corrected chi connectivity index (χ1v) is 10.6. The highest BCUT2D eigenvalue weighted by molar-refractivity contribution is 5.71. The minimum Gasteiger partial charge on any atom is -0.461 e. The third kappa shape index (κ3) is 10.8. The number of carbonyl (C=O) groups excluding carboxylic acids is 1. The fourth-order valence-corrected chi connectivity index (χ4v) is 3.01. The van der Waals surface area contributed by atoms with Gasteiger partial charge in [0.1, 0.15) is 6.61 Å². The zero-order valence-electron chi connectivity index (χ0n) is 18.9. The van der Waals surface area contributed by atoms with Gasteiger partial charge in [-0.05, 0) is 53.0 Å². The number of rotatable bonds is 8. The standard InChI is InChI=1S/C12H27N3.C11H14O2/c1-12(2)15-10-8-14(9-11-15)7-5-6-13(3)4;1-9(2)11(12)13-8-10-6-4-3-5-7-10/h12H,5-11H2,1-4H3;3-7,9H,8H2,1-2H3. The van der Waals surface area contributed by atoms with Crippen LogP contribution in [0.2, 0.25) is 0 Å². The molecule has 1 heterocycles. The second-order valence-corrected chi connectivity index (χ2v) is 8.38. The van der Waals surface area contributed by atoms with Crippen molar-refractivity contribution in [1.82, 2.24) is 14.7 Å². The summed E-state index contributed by atoms with van der Waals surface area (Å²) >= 11 is 0. The van der Waals surface area contributed by atoms with Gasteiger partial charge in [-0.1, -0.05) is 44.2 Å². The number of hydrogen-bond donors (Lipinski definition) is 0. The first-order valence-electron chi connectivity index (χ1n) is 10.6. The Balaban J connectivity index is 0.000000283. The summed E-state index contributed by atoms with van der Waals surface area (Å²) in [5, 5.41) is 0. The van der Waals surface area contributed by atoms with Crippen LogP contribution in [0.4, 0.5) is 0 Å². The smallest absolute Gasteiger partial charge is 0.308 e. The van der Waals surface area contributed by atoms with Crippen molar-refractivity contribution in [3.05, 3.63) is 35.9 Å². The second kappa shape index (κ2) is 13.7. The van der Waals surface area contributed by atoms with E-state index in [1.54, 1.807) is 0 Å². The predicted octanol–water partition coefficient (Wildman–Crippen LogP) is 3.35. The Morgan fingerprint density at radius 3 is 2.14 bits per heavy atom. The molecule has 0 spiro atoms. The molecular formula is C23H41N3O2. The Morgan fingerprint density at radius 1 is 1.04 bits per heavy atom. The number of piperazine rings is 1. The van der Waals surface area contributed by atoms with Crippen molar-refractivity contribution >= 4 is 5.97 Å². The van der Waals surface area contributed by atoms with Gasteiger partial charge in [0.15, 0.2) is 0 Å². The van der Waals surface area contributed by atoms with Gasteiger partial charge in [-0.2, -0.15) is 0 Å². The minimum atomic E-state index is -0.149. The van der Waals surface area contributed by atoms with Crippen molar-refractivity contribution in [3.8, 4) is 0 Å². The molecule has 0 N–H and O–H groups in total. The normalized spacial score (nSPS) is 15.6. The summed E-state index contributed by atoms with van der Waals surface area (Å²) in [6, 6.07) is 10.4. The Morgan fingerprint density at radius 2 is 1.64 bits per heavy atom. The molecule has 0 saturated carbocycles. The molecule has 0 radical (unpaired) electrons. The lowest BCUT2D eigenvalue weighted by atomic mass is 10.2. The van der Waals surface area contributed by atoms with Gasteiger partial charge in [-0.3, -0.25) is 9.69 Å². The van der Waals surface area contributed by atoms with Crippen molar-refractivity contribution < 1.29 is 9.53 Å². The maximum Gasteiger partial charge on any atom is 0.308 e. The zero-order valence-corrected chi connectivity index (χ0v) is 18.9. The highest BCUT2D eigenvalue weighted by atomic mass is 16.5. The molecule has 0 aromatic heterocycles. The molecule has 1 fully saturated rings. The summed E-state index contributed by atoms with van der Waals surface area (Å²) in [5.74, 6) is -0.201. The number of benzene rings is 1. The Labute approximate surface area is 172 Å². The summed E-state index contributed by atoms with van der Waals surface area (Å²) in [4.78, 5) is 18.5. The average molecular weight is 392 g/mol. The van der Waals surface area contributed by atoms with E-state index in [4.69, 9.17) is 4.74 Å². The summed E-state index contributed by atoms with van der Waals surface area (Å²) in [6.07, 6.45) is 1.30. The maximum atomic E-state index is 11.1. The van der Waals surface area contributed by atoms with Crippen molar-refractivity contribution in [2.45, 2.75) is 46.8 Å². The second-order valence-electron chi connectivity index (χ2n) is 8.38. The third-order valence-corrected chi connectivity index (χ3v) is 4.91. The van der Waals surface area contributed by atoms with E-state index in [2.05, 4.69) is 42.6 Å². The highest BCUT2D eigenvalue weighted by Crippen LogP contribution is 2.06.